The van der Waals surface area contributed by atoms with Gasteiger partial charge in [-0.2, -0.15) is 0 Å². The van der Waals surface area contributed by atoms with Crippen molar-refractivity contribution in [2.75, 3.05) is 0 Å². The monoisotopic (exact) mass is 241 g/mol. The highest BCUT2D eigenvalue weighted by Crippen LogP contribution is 2.31. The van der Waals surface area contributed by atoms with E-state index >= 15 is 0 Å². The van der Waals surface area contributed by atoms with E-state index < -0.39 is 11.7 Å². The molecule has 3 nitrogen and oxygen atoms in total. The van der Waals surface area contributed by atoms with Gasteiger partial charge in [0, 0.05) is 17.5 Å². The second kappa shape index (κ2) is 5.25. The molecule has 0 spiro atoms. The highest BCUT2D eigenvalue weighted by molar-refractivity contribution is 7.09. The topological polar surface area (TPSA) is 53.4 Å². The molecule has 1 unspecified atom stereocenters. The van der Waals surface area contributed by atoms with Gasteiger partial charge in [0.1, 0.15) is 0 Å². The Balaban J connectivity index is 1.98. The van der Waals surface area contributed by atoms with E-state index in [4.69, 9.17) is 0 Å². The highest BCUT2D eigenvalue weighted by Gasteiger charge is 2.35. The van der Waals surface area contributed by atoms with E-state index in [0.717, 1.165) is 30.6 Å². The number of aliphatic hydroxyl groups excluding tert-OH is 1. The van der Waals surface area contributed by atoms with Crippen molar-refractivity contribution in [3.05, 3.63) is 16.6 Å². The molecule has 0 aromatic carbocycles. The minimum atomic E-state index is -0.875. The lowest BCUT2D eigenvalue weighted by molar-refractivity contribution is -0.0833. The third-order valence-corrected chi connectivity index (χ3v) is 4.27. The Kier molecular flexibility index (Phi) is 3.95. The molecule has 1 aromatic rings. The zero-order chi connectivity index (χ0) is 11.4. The molecule has 1 saturated carbocycles. The molecule has 0 aliphatic heterocycles. The zero-order valence-electron chi connectivity index (χ0n) is 9.43. The maximum Gasteiger partial charge on any atom is 0.0909 e. The molecule has 1 aliphatic carbocycles. The lowest BCUT2D eigenvalue weighted by Crippen LogP contribution is -2.43. The number of hydrogen-bond acceptors (Lipinski definition) is 4. The molecule has 2 rings (SSSR count). The third-order valence-electron chi connectivity index (χ3n) is 3.47. The Bertz CT molecular complexity index is 305. The second-order valence-electron chi connectivity index (χ2n) is 4.71. The van der Waals surface area contributed by atoms with E-state index in [2.05, 4.69) is 4.98 Å². The summed E-state index contributed by atoms with van der Waals surface area (Å²) in [6.45, 7) is 0. The van der Waals surface area contributed by atoms with Gasteiger partial charge in [0.15, 0.2) is 0 Å². The molecule has 1 aromatic heterocycles. The summed E-state index contributed by atoms with van der Waals surface area (Å²) in [6.07, 6.45) is 7.51. The molecule has 1 aliphatic rings. The van der Waals surface area contributed by atoms with Gasteiger partial charge in [-0.05, 0) is 12.8 Å². The predicted molar refractivity (Wildman–Crippen MR) is 64.5 cm³/mol. The molecule has 1 heterocycles. The molecular formula is C12H19NO2S. The van der Waals surface area contributed by atoms with Gasteiger partial charge in [-0.25, -0.2) is 0 Å². The van der Waals surface area contributed by atoms with E-state index in [1.807, 2.05) is 0 Å². The van der Waals surface area contributed by atoms with Crippen molar-refractivity contribution >= 4 is 11.3 Å². The van der Waals surface area contributed by atoms with E-state index in [1.54, 1.807) is 11.7 Å². The highest BCUT2D eigenvalue weighted by atomic mass is 32.1. The standard InChI is InChI=1S/C12H19NO2S/c14-11(7-10-8-13-9-16-10)12(15)5-3-1-2-4-6-12/h8-9,11,14-15H,1-7H2. The van der Waals surface area contributed by atoms with Crippen LogP contribution in [0.1, 0.15) is 43.4 Å². The molecule has 1 atom stereocenters. The van der Waals surface area contributed by atoms with Crippen LogP contribution in [0.4, 0.5) is 0 Å². The summed E-state index contributed by atoms with van der Waals surface area (Å²) in [6, 6.07) is 0. The normalized spacial score (nSPS) is 22.6. The van der Waals surface area contributed by atoms with Crippen molar-refractivity contribution < 1.29 is 10.2 Å². The first-order chi connectivity index (χ1) is 7.71. The summed E-state index contributed by atoms with van der Waals surface area (Å²) in [5.41, 5.74) is 0.889. The van der Waals surface area contributed by atoms with Gasteiger partial charge >= 0.3 is 0 Å². The Morgan fingerprint density at radius 1 is 1.31 bits per heavy atom. The number of rotatable bonds is 3. The average molecular weight is 241 g/mol. The molecule has 2 N–H and O–H groups in total. The van der Waals surface area contributed by atoms with Crippen molar-refractivity contribution in [2.24, 2.45) is 0 Å². The average Bonchev–Trinajstić information content (AvgIpc) is 2.66. The van der Waals surface area contributed by atoms with Crippen LogP contribution in [-0.4, -0.2) is 26.9 Å². The summed E-state index contributed by atoms with van der Waals surface area (Å²) in [5.74, 6) is 0. The first kappa shape index (κ1) is 12.0. The lowest BCUT2D eigenvalue weighted by Gasteiger charge is -2.31. The number of hydrogen-bond donors (Lipinski definition) is 2. The summed E-state index contributed by atoms with van der Waals surface area (Å²) < 4.78 is 0. The van der Waals surface area contributed by atoms with Crippen LogP contribution >= 0.6 is 11.3 Å². The predicted octanol–water partition coefficient (Wildman–Crippen LogP) is 2.13. The molecule has 90 valence electrons. The maximum atomic E-state index is 10.5. The molecule has 0 saturated heterocycles. The summed E-state index contributed by atoms with van der Waals surface area (Å²) in [4.78, 5) is 5.03. The summed E-state index contributed by atoms with van der Waals surface area (Å²) in [7, 11) is 0. The van der Waals surface area contributed by atoms with Crippen LogP contribution in [0, 0.1) is 0 Å². The molecule has 16 heavy (non-hydrogen) atoms. The molecule has 0 radical (unpaired) electrons. The van der Waals surface area contributed by atoms with Crippen LogP contribution in [0.3, 0.4) is 0 Å². The molecular weight excluding hydrogens is 222 g/mol. The molecule has 0 bridgehead atoms. The first-order valence-corrected chi connectivity index (χ1v) is 6.86. The van der Waals surface area contributed by atoms with Crippen molar-refractivity contribution in [3.63, 3.8) is 0 Å². The fraction of sp³-hybridized carbons (Fsp3) is 0.750. The van der Waals surface area contributed by atoms with Gasteiger partial charge in [-0.3, -0.25) is 4.98 Å². The summed E-state index contributed by atoms with van der Waals surface area (Å²) in [5, 5.41) is 20.6. The van der Waals surface area contributed by atoms with Crippen molar-refractivity contribution in [2.45, 2.75) is 56.7 Å². The summed E-state index contributed by atoms with van der Waals surface area (Å²) >= 11 is 1.54. The molecule has 4 heteroatoms. The fourth-order valence-corrected chi connectivity index (χ4v) is 3.03. The fourth-order valence-electron chi connectivity index (χ4n) is 2.40. The number of nitrogens with zero attached hydrogens (tertiary/aromatic N) is 1. The van der Waals surface area contributed by atoms with E-state index in [0.29, 0.717) is 6.42 Å². The quantitative estimate of drug-likeness (QED) is 0.797. The lowest BCUT2D eigenvalue weighted by atomic mass is 9.86. The number of thiazole rings is 1. The van der Waals surface area contributed by atoms with Crippen molar-refractivity contribution in [1.29, 1.82) is 0 Å². The van der Waals surface area contributed by atoms with E-state index in [-0.39, 0.29) is 0 Å². The zero-order valence-corrected chi connectivity index (χ0v) is 10.2. The van der Waals surface area contributed by atoms with E-state index in [9.17, 15) is 10.2 Å². The van der Waals surface area contributed by atoms with Crippen LogP contribution in [0.15, 0.2) is 11.7 Å². The number of aromatic nitrogens is 1. The Labute approximate surface area is 100 Å². The van der Waals surface area contributed by atoms with Crippen LogP contribution in [0.2, 0.25) is 0 Å². The van der Waals surface area contributed by atoms with Gasteiger partial charge in [-0.15, -0.1) is 11.3 Å². The molecule has 1 fully saturated rings. The maximum absolute atomic E-state index is 10.5. The van der Waals surface area contributed by atoms with Crippen molar-refractivity contribution in [3.8, 4) is 0 Å². The smallest absolute Gasteiger partial charge is 0.0909 e. The molecule has 0 amide bonds. The SMILES string of the molecule is OC(Cc1cncs1)C1(O)CCCCCC1. The van der Waals surface area contributed by atoms with Gasteiger partial charge in [0.25, 0.3) is 0 Å². The first-order valence-electron chi connectivity index (χ1n) is 5.98. The van der Waals surface area contributed by atoms with Gasteiger partial charge in [-0.1, -0.05) is 25.7 Å². The van der Waals surface area contributed by atoms with Crippen molar-refractivity contribution in [1.82, 2.24) is 4.98 Å². The van der Waals surface area contributed by atoms with Crippen LogP contribution < -0.4 is 0 Å². The van der Waals surface area contributed by atoms with Crippen LogP contribution in [0.5, 0.6) is 0 Å². The minimum Gasteiger partial charge on any atom is -0.390 e. The second-order valence-corrected chi connectivity index (χ2v) is 5.68. The van der Waals surface area contributed by atoms with Gasteiger partial charge in [0.05, 0.1) is 17.2 Å². The van der Waals surface area contributed by atoms with Crippen LogP contribution in [0.25, 0.3) is 0 Å². The minimum absolute atomic E-state index is 0.529. The third kappa shape index (κ3) is 2.81. The van der Waals surface area contributed by atoms with Gasteiger partial charge in [0.2, 0.25) is 0 Å². The van der Waals surface area contributed by atoms with Gasteiger partial charge < -0.3 is 10.2 Å². The van der Waals surface area contributed by atoms with E-state index in [1.165, 1.54) is 24.2 Å². The largest absolute Gasteiger partial charge is 0.390 e. The Morgan fingerprint density at radius 2 is 2.00 bits per heavy atom. The Morgan fingerprint density at radius 3 is 2.56 bits per heavy atom. The Hall–Kier alpha value is -0.450. The van der Waals surface area contributed by atoms with Crippen LogP contribution in [-0.2, 0) is 6.42 Å². The number of aliphatic hydroxyl groups is 2.